The molecule has 0 aliphatic rings. The minimum absolute atomic E-state index is 0.0392. The Morgan fingerprint density at radius 2 is 2.00 bits per heavy atom. The molecule has 0 bridgehead atoms. The van der Waals surface area contributed by atoms with Crippen LogP contribution in [0.5, 0.6) is 0 Å². The van der Waals surface area contributed by atoms with Gasteiger partial charge in [-0.15, -0.1) is 0 Å². The lowest BCUT2D eigenvalue weighted by atomic mass is 10.0. The summed E-state index contributed by atoms with van der Waals surface area (Å²) in [6.07, 6.45) is 0.655. The topological polar surface area (TPSA) is 99.1 Å². The summed E-state index contributed by atoms with van der Waals surface area (Å²) in [6.45, 7) is 0. The number of carbonyl (C=O) groups is 1. The Morgan fingerprint density at radius 3 is 2.70 bits per heavy atom. The van der Waals surface area contributed by atoms with Gasteiger partial charge in [0.25, 0.3) is 5.69 Å². The number of fused-ring (bicyclic) bond motifs is 3. The smallest absolute Gasteiger partial charge is 0.270 e. The van der Waals surface area contributed by atoms with Gasteiger partial charge in [0.2, 0.25) is 0 Å². The number of nitro benzene ring substituents is 1. The van der Waals surface area contributed by atoms with Gasteiger partial charge in [0.15, 0.2) is 6.29 Å². The predicted molar refractivity (Wildman–Crippen MR) is 75.7 cm³/mol. The van der Waals surface area contributed by atoms with Gasteiger partial charge in [-0.2, -0.15) is 0 Å². The van der Waals surface area contributed by atoms with Crippen molar-refractivity contribution in [1.82, 2.24) is 4.98 Å². The van der Waals surface area contributed by atoms with Crippen LogP contribution in [0.2, 0.25) is 0 Å². The number of benzene rings is 2. The van der Waals surface area contributed by atoms with Gasteiger partial charge >= 0.3 is 0 Å². The Morgan fingerprint density at radius 1 is 1.20 bits per heavy atom. The molecule has 2 aromatic carbocycles. The number of anilines is 1. The molecule has 3 aromatic rings. The van der Waals surface area contributed by atoms with Crippen LogP contribution in [0.4, 0.5) is 11.4 Å². The second-order valence-corrected chi connectivity index (χ2v) is 4.34. The summed E-state index contributed by atoms with van der Waals surface area (Å²) in [5.74, 6) is 0. The number of nitrogens with zero attached hydrogens (tertiary/aromatic N) is 2. The molecule has 0 saturated heterocycles. The van der Waals surface area contributed by atoms with Crippen molar-refractivity contribution in [2.45, 2.75) is 0 Å². The van der Waals surface area contributed by atoms with E-state index in [1.165, 1.54) is 18.2 Å². The van der Waals surface area contributed by atoms with E-state index in [1.54, 1.807) is 18.2 Å². The first kappa shape index (κ1) is 12.0. The van der Waals surface area contributed by atoms with E-state index in [-0.39, 0.29) is 11.4 Å². The predicted octanol–water partition coefficient (Wildman–Crippen LogP) is 2.69. The van der Waals surface area contributed by atoms with Crippen LogP contribution >= 0.6 is 0 Å². The molecule has 0 fully saturated rings. The van der Waals surface area contributed by atoms with E-state index in [0.717, 1.165) is 0 Å². The van der Waals surface area contributed by atoms with Gasteiger partial charge in [0.05, 0.1) is 10.4 Å². The van der Waals surface area contributed by atoms with Gasteiger partial charge in [0, 0.05) is 34.0 Å². The van der Waals surface area contributed by atoms with Gasteiger partial charge in [-0.05, 0) is 12.1 Å². The van der Waals surface area contributed by atoms with Crippen LogP contribution in [0, 0.1) is 10.1 Å². The molecule has 98 valence electrons. The zero-order valence-corrected chi connectivity index (χ0v) is 10.2. The number of aldehydes is 1. The Kier molecular flexibility index (Phi) is 2.57. The fraction of sp³-hybridized carbons (Fsp3) is 0. The number of nitrogens with two attached hydrogens (primary N) is 1. The first-order valence-electron chi connectivity index (χ1n) is 5.83. The van der Waals surface area contributed by atoms with Crippen molar-refractivity contribution < 1.29 is 9.72 Å². The number of carbonyl (C=O) groups excluding carboxylic acids is 1. The lowest BCUT2D eigenvalue weighted by Crippen LogP contribution is -1.96. The Bertz CT molecular complexity index is 874. The number of non-ortho nitro benzene ring substituents is 1. The first-order chi connectivity index (χ1) is 9.61. The number of pyridine rings is 1. The fourth-order valence-electron chi connectivity index (χ4n) is 2.30. The summed E-state index contributed by atoms with van der Waals surface area (Å²) >= 11 is 0. The molecule has 0 radical (unpaired) electrons. The normalized spacial score (nSPS) is 10.8. The lowest BCUT2D eigenvalue weighted by molar-refractivity contribution is -0.384. The summed E-state index contributed by atoms with van der Waals surface area (Å²) in [5, 5.41) is 12.7. The molecular weight excluding hydrogens is 258 g/mol. The van der Waals surface area contributed by atoms with Gasteiger partial charge in [-0.3, -0.25) is 14.9 Å². The maximum atomic E-state index is 11.1. The maximum absolute atomic E-state index is 11.1. The largest absolute Gasteiger partial charge is 0.398 e. The van der Waals surface area contributed by atoms with E-state index >= 15 is 0 Å². The SMILES string of the molecule is Nc1cccc2c(C=O)nc3ccc([N+](=O)[O-])cc3c12. The second-order valence-electron chi connectivity index (χ2n) is 4.34. The number of hydrogen-bond acceptors (Lipinski definition) is 5. The highest BCUT2D eigenvalue weighted by molar-refractivity contribution is 6.15. The molecule has 0 amide bonds. The van der Waals surface area contributed by atoms with Crippen molar-refractivity contribution >= 4 is 39.3 Å². The zero-order chi connectivity index (χ0) is 14.3. The van der Waals surface area contributed by atoms with Crippen molar-refractivity contribution in [3.05, 3.63) is 52.2 Å². The van der Waals surface area contributed by atoms with Crippen LogP contribution in [0.1, 0.15) is 10.5 Å². The molecule has 1 heterocycles. The Hall–Kier alpha value is -3.02. The van der Waals surface area contributed by atoms with E-state index in [4.69, 9.17) is 5.73 Å². The van der Waals surface area contributed by atoms with E-state index in [9.17, 15) is 14.9 Å². The van der Waals surface area contributed by atoms with Crippen LogP contribution in [0.25, 0.3) is 21.7 Å². The Labute approximate surface area is 113 Å². The summed E-state index contributed by atoms with van der Waals surface area (Å²) < 4.78 is 0. The monoisotopic (exact) mass is 267 g/mol. The van der Waals surface area contributed by atoms with Gasteiger partial charge < -0.3 is 5.73 Å². The number of nitro groups is 1. The summed E-state index contributed by atoms with van der Waals surface area (Å²) in [6, 6.07) is 9.43. The van der Waals surface area contributed by atoms with Crippen LogP contribution in [-0.4, -0.2) is 16.2 Å². The average molecular weight is 267 g/mol. The number of hydrogen-bond donors (Lipinski definition) is 1. The Balaban J connectivity index is 2.56. The molecule has 0 aliphatic carbocycles. The van der Waals surface area contributed by atoms with Crippen LogP contribution < -0.4 is 5.73 Å². The van der Waals surface area contributed by atoms with E-state index in [1.807, 2.05) is 0 Å². The second kappa shape index (κ2) is 4.27. The van der Waals surface area contributed by atoms with Crippen LogP contribution in [-0.2, 0) is 0 Å². The van der Waals surface area contributed by atoms with Crippen molar-refractivity contribution in [2.75, 3.05) is 5.73 Å². The molecule has 1 aromatic heterocycles. The zero-order valence-electron chi connectivity index (χ0n) is 10.2. The van der Waals surface area contributed by atoms with Crippen LogP contribution in [0.3, 0.4) is 0 Å². The third-order valence-corrected chi connectivity index (χ3v) is 3.19. The van der Waals surface area contributed by atoms with Gasteiger partial charge in [-0.1, -0.05) is 12.1 Å². The van der Waals surface area contributed by atoms with Crippen molar-refractivity contribution in [2.24, 2.45) is 0 Å². The number of rotatable bonds is 2. The summed E-state index contributed by atoms with van der Waals surface area (Å²) in [5.41, 5.74) is 7.15. The quantitative estimate of drug-likeness (QED) is 0.253. The van der Waals surface area contributed by atoms with Gasteiger partial charge in [-0.25, -0.2) is 4.98 Å². The van der Waals surface area contributed by atoms with Crippen molar-refractivity contribution in [3.8, 4) is 0 Å². The molecule has 0 atom stereocenters. The minimum Gasteiger partial charge on any atom is -0.398 e. The van der Waals surface area contributed by atoms with Crippen molar-refractivity contribution in [3.63, 3.8) is 0 Å². The summed E-state index contributed by atoms with van der Waals surface area (Å²) in [4.78, 5) is 25.8. The molecule has 6 nitrogen and oxygen atoms in total. The van der Waals surface area contributed by atoms with E-state index < -0.39 is 4.92 Å². The molecule has 6 heteroatoms. The lowest BCUT2D eigenvalue weighted by Gasteiger charge is -2.08. The standard InChI is InChI=1S/C14H9N3O3/c15-11-3-1-2-9-13(7-18)16-12-5-4-8(17(19)20)6-10(12)14(9)11/h1-7H,15H2. The van der Waals surface area contributed by atoms with E-state index in [2.05, 4.69) is 4.98 Å². The van der Waals surface area contributed by atoms with Crippen LogP contribution in [0.15, 0.2) is 36.4 Å². The molecule has 3 rings (SSSR count). The third-order valence-electron chi connectivity index (χ3n) is 3.19. The fourth-order valence-corrected chi connectivity index (χ4v) is 2.30. The molecule has 0 aliphatic heterocycles. The molecular formula is C14H9N3O3. The minimum atomic E-state index is -0.474. The third kappa shape index (κ3) is 1.66. The molecule has 0 spiro atoms. The summed E-state index contributed by atoms with van der Waals surface area (Å²) in [7, 11) is 0. The first-order valence-corrected chi connectivity index (χ1v) is 5.83. The maximum Gasteiger partial charge on any atom is 0.270 e. The molecule has 20 heavy (non-hydrogen) atoms. The average Bonchev–Trinajstić information content (AvgIpc) is 2.45. The number of nitrogen functional groups attached to an aromatic ring is 1. The molecule has 0 saturated carbocycles. The highest BCUT2D eigenvalue weighted by Crippen LogP contribution is 2.32. The van der Waals surface area contributed by atoms with Gasteiger partial charge in [0.1, 0.15) is 5.69 Å². The highest BCUT2D eigenvalue weighted by atomic mass is 16.6. The van der Waals surface area contributed by atoms with Crippen molar-refractivity contribution in [1.29, 1.82) is 0 Å². The molecule has 2 N–H and O–H groups in total. The highest BCUT2D eigenvalue weighted by Gasteiger charge is 2.13. The van der Waals surface area contributed by atoms with E-state index in [0.29, 0.717) is 33.6 Å². The molecule has 0 unspecified atom stereocenters. The number of aromatic nitrogens is 1.